The highest BCUT2D eigenvalue weighted by Crippen LogP contribution is 2.51. The Kier molecular flexibility index (Phi) is 6.56. The molecule has 1 heterocycles. The number of rotatable bonds is 5. The fourth-order valence-electron chi connectivity index (χ4n) is 8.38. The first-order chi connectivity index (χ1) is 25.1. The van der Waals surface area contributed by atoms with Crippen molar-refractivity contribution in [3.05, 3.63) is 187 Å². The van der Waals surface area contributed by atoms with Gasteiger partial charge >= 0.3 is 0 Å². The summed E-state index contributed by atoms with van der Waals surface area (Å²) in [6.45, 7) is 4.70. The van der Waals surface area contributed by atoms with Gasteiger partial charge in [0.1, 0.15) is 11.2 Å². The topological polar surface area (TPSA) is 16.4 Å². The summed E-state index contributed by atoms with van der Waals surface area (Å²) in [7, 11) is 0. The van der Waals surface area contributed by atoms with Crippen LogP contribution in [0.5, 0.6) is 0 Å². The lowest BCUT2D eigenvalue weighted by Crippen LogP contribution is -2.16. The van der Waals surface area contributed by atoms with Gasteiger partial charge in [-0.1, -0.05) is 153 Å². The highest BCUT2D eigenvalue weighted by Gasteiger charge is 2.36. The van der Waals surface area contributed by atoms with E-state index in [-0.39, 0.29) is 5.41 Å². The number of anilines is 3. The van der Waals surface area contributed by atoms with E-state index in [1.165, 1.54) is 44.2 Å². The number of hydrogen-bond acceptors (Lipinski definition) is 2. The Morgan fingerprint density at radius 3 is 1.92 bits per heavy atom. The van der Waals surface area contributed by atoms with Crippen LogP contribution in [0.3, 0.4) is 0 Å². The largest absolute Gasteiger partial charge is 0.455 e. The lowest BCUT2D eigenvalue weighted by atomic mass is 9.82. The van der Waals surface area contributed by atoms with Crippen molar-refractivity contribution in [2.75, 3.05) is 4.90 Å². The highest BCUT2D eigenvalue weighted by atomic mass is 16.3. The zero-order chi connectivity index (χ0) is 34.1. The second kappa shape index (κ2) is 11.3. The Hall–Kier alpha value is -6.38. The number of hydrogen-bond donors (Lipinski definition) is 0. The molecule has 2 nitrogen and oxygen atoms in total. The first-order valence-corrected chi connectivity index (χ1v) is 17.7. The van der Waals surface area contributed by atoms with Crippen molar-refractivity contribution in [1.29, 1.82) is 0 Å². The Bertz CT molecular complexity index is 2780. The van der Waals surface area contributed by atoms with Crippen LogP contribution in [0, 0.1) is 0 Å². The zero-order valence-electron chi connectivity index (χ0n) is 28.6. The number of benzene rings is 8. The number of furan rings is 1. The zero-order valence-corrected chi connectivity index (χ0v) is 28.6. The van der Waals surface area contributed by atoms with E-state index in [2.05, 4.69) is 189 Å². The lowest BCUT2D eigenvalue weighted by Gasteiger charge is -2.30. The minimum Gasteiger partial charge on any atom is -0.455 e. The van der Waals surface area contributed by atoms with Gasteiger partial charge in [-0.15, -0.1) is 0 Å². The minimum absolute atomic E-state index is 0.120. The third-order valence-electron chi connectivity index (χ3n) is 10.9. The van der Waals surface area contributed by atoms with E-state index in [1.807, 2.05) is 6.07 Å². The predicted molar refractivity (Wildman–Crippen MR) is 214 cm³/mol. The van der Waals surface area contributed by atoms with E-state index in [9.17, 15) is 0 Å². The van der Waals surface area contributed by atoms with Crippen molar-refractivity contribution in [2.45, 2.75) is 19.3 Å². The van der Waals surface area contributed by atoms with E-state index in [0.717, 1.165) is 50.1 Å². The van der Waals surface area contributed by atoms with Gasteiger partial charge in [0.05, 0.1) is 5.69 Å². The molecular weight excluding hydrogens is 619 g/mol. The van der Waals surface area contributed by atoms with Crippen molar-refractivity contribution in [2.24, 2.45) is 0 Å². The van der Waals surface area contributed by atoms with E-state index < -0.39 is 0 Å². The predicted octanol–water partition coefficient (Wildman–Crippen LogP) is 13.8. The molecule has 0 bridgehead atoms. The first-order valence-electron chi connectivity index (χ1n) is 17.7. The molecule has 8 aromatic carbocycles. The third-order valence-corrected chi connectivity index (χ3v) is 10.9. The van der Waals surface area contributed by atoms with Gasteiger partial charge in [0.25, 0.3) is 0 Å². The molecule has 0 spiro atoms. The van der Waals surface area contributed by atoms with Crippen LogP contribution < -0.4 is 4.90 Å². The van der Waals surface area contributed by atoms with E-state index in [4.69, 9.17) is 4.42 Å². The third kappa shape index (κ3) is 4.57. The van der Waals surface area contributed by atoms with Gasteiger partial charge in [0.15, 0.2) is 0 Å². The Morgan fingerprint density at radius 2 is 1.04 bits per heavy atom. The molecule has 9 aromatic rings. The summed E-state index contributed by atoms with van der Waals surface area (Å²) in [6.07, 6.45) is 0. The fraction of sp³-hybridized carbons (Fsp3) is 0.0612. The van der Waals surface area contributed by atoms with E-state index in [1.54, 1.807) is 0 Å². The maximum absolute atomic E-state index is 6.59. The SMILES string of the molecule is CC1(C)c2ccccc2-c2ccc(N(c3ccc(-c4cccc5ccccc45)cc3)c3ccccc3-c3cccc4c3oc3ccccc34)cc21. The summed E-state index contributed by atoms with van der Waals surface area (Å²) in [5.74, 6) is 0. The van der Waals surface area contributed by atoms with Gasteiger partial charge in [-0.25, -0.2) is 0 Å². The molecule has 0 saturated carbocycles. The molecule has 0 aliphatic heterocycles. The van der Waals surface area contributed by atoms with Crippen molar-refractivity contribution < 1.29 is 4.42 Å². The maximum Gasteiger partial charge on any atom is 0.143 e. The number of fused-ring (bicyclic) bond motifs is 7. The molecule has 0 saturated heterocycles. The molecular formula is C49H35NO. The van der Waals surface area contributed by atoms with Crippen LogP contribution in [-0.4, -0.2) is 0 Å². The first kappa shape index (κ1) is 29.5. The molecule has 242 valence electrons. The summed E-state index contributed by atoms with van der Waals surface area (Å²) >= 11 is 0. The fourth-order valence-corrected chi connectivity index (χ4v) is 8.38. The van der Waals surface area contributed by atoms with Crippen LogP contribution in [0.15, 0.2) is 180 Å². The molecule has 1 aromatic heterocycles. The van der Waals surface area contributed by atoms with Gasteiger partial charge in [-0.05, 0) is 80.6 Å². The number of nitrogens with zero attached hydrogens (tertiary/aromatic N) is 1. The summed E-state index contributed by atoms with van der Waals surface area (Å²) in [5, 5.41) is 4.76. The van der Waals surface area contributed by atoms with Crippen LogP contribution in [-0.2, 0) is 5.41 Å². The molecule has 0 N–H and O–H groups in total. The smallest absolute Gasteiger partial charge is 0.143 e. The molecule has 10 rings (SSSR count). The summed E-state index contributed by atoms with van der Waals surface area (Å²) in [4.78, 5) is 2.42. The van der Waals surface area contributed by atoms with Gasteiger partial charge in [0.2, 0.25) is 0 Å². The average molecular weight is 654 g/mol. The van der Waals surface area contributed by atoms with Crippen molar-refractivity contribution in [1.82, 2.24) is 0 Å². The van der Waals surface area contributed by atoms with Gasteiger partial charge < -0.3 is 9.32 Å². The Balaban J connectivity index is 1.18. The van der Waals surface area contributed by atoms with E-state index >= 15 is 0 Å². The second-order valence-electron chi connectivity index (χ2n) is 14.1. The molecule has 0 unspecified atom stereocenters. The summed E-state index contributed by atoms with van der Waals surface area (Å²) in [5.41, 5.74) is 15.0. The molecule has 0 radical (unpaired) electrons. The molecule has 1 aliphatic rings. The van der Waals surface area contributed by atoms with Crippen molar-refractivity contribution in [3.8, 4) is 33.4 Å². The molecule has 2 heteroatoms. The Morgan fingerprint density at radius 1 is 0.431 bits per heavy atom. The summed E-state index contributed by atoms with van der Waals surface area (Å²) in [6, 6.07) is 63.6. The quantitative estimate of drug-likeness (QED) is 0.184. The van der Waals surface area contributed by atoms with Crippen LogP contribution >= 0.6 is 0 Å². The number of para-hydroxylation sites is 3. The van der Waals surface area contributed by atoms with Crippen LogP contribution in [0.2, 0.25) is 0 Å². The average Bonchev–Trinajstić information content (AvgIpc) is 3.67. The van der Waals surface area contributed by atoms with Crippen molar-refractivity contribution in [3.63, 3.8) is 0 Å². The van der Waals surface area contributed by atoms with E-state index in [0.29, 0.717) is 0 Å². The van der Waals surface area contributed by atoms with Gasteiger partial charge in [-0.2, -0.15) is 0 Å². The molecule has 1 aliphatic carbocycles. The Labute approximate surface area is 297 Å². The van der Waals surface area contributed by atoms with Crippen LogP contribution in [0.1, 0.15) is 25.0 Å². The minimum atomic E-state index is -0.120. The lowest BCUT2D eigenvalue weighted by molar-refractivity contribution is 0.660. The van der Waals surface area contributed by atoms with Gasteiger partial charge in [0, 0.05) is 38.7 Å². The maximum atomic E-state index is 6.59. The molecule has 0 atom stereocenters. The monoisotopic (exact) mass is 653 g/mol. The highest BCUT2D eigenvalue weighted by molar-refractivity contribution is 6.11. The van der Waals surface area contributed by atoms with Crippen LogP contribution in [0.4, 0.5) is 17.1 Å². The van der Waals surface area contributed by atoms with Crippen LogP contribution in [0.25, 0.3) is 66.1 Å². The second-order valence-corrected chi connectivity index (χ2v) is 14.1. The standard InChI is InChI=1S/C49H35NO/c1-49(2)44-22-8-5-16-38(44)39-30-29-35(31-45(39)49)50(34-27-25-33(26-28-34)37-19-11-14-32-13-3-4-15-36(32)37)46-23-9-6-17-40(46)42-20-12-21-43-41-18-7-10-24-47(41)51-48(42)43/h3-31H,1-2H3. The normalized spacial score (nSPS) is 13.1. The van der Waals surface area contributed by atoms with Gasteiger partial charge in [-0.3, -0.25) is 0 Å². The molecule has 51 heavy (non-hydrogen) atoms. The molecule has 0 fully saturated rings. The summed E-state index contributed by atoms with van der Waals surface area (Å²) < 4.78 is 6.59. The molecule has 0 amide bonds. The van der Waals surface area contributed by atoms with Crippen molar-refractivity contribution >= 4 is 49.8 Å².